The van der Waals surface area contributed by atoms with Crippen LogP contribution in [0.3, 0.4) is 0 Å². The number of nitrogens with zero attached hydrogens (tertiary/aromatic N) is 2. The third-order valence-corrected chi connectivity index (χ3v) is 2.75. The lowest BCUT2D eigenvalue weighted by Gasteiger charge is -2.29. The largest absolute Gasteiger partial charge is 0.378 e. The van der Waals surface area contributed by atoms with Crippen LogP contribution in [-0.2, 0) is 9.53 Å². The van der Waals surface area contributed by atoms with Gasteiger partial charge in [-0.1, -0.05) is 0 Å². The van der Waals surface area contributed by atoms with Gasteiger partial charge in [0.2, 0.25) is 5.91 Å². The van der Waals surface area contributed by atoms with Crippen molar-refractivity contribution in [2.75, 3.05) is 26.3 Å². The predicted octanol–water partition coefficient (Wildman–Crippen LogP) is 0.908. The van der Waals surface area contributed by atoms with Gasteiger partial charge in [0.1, 0.15) is 6.04 Å². The Bertz CT molecular complexity index is 315. The van der Waals surface area contributed by atoms with Crippen molar-refractivity contribution in [3.8, 4) is 0 Å². The standard InChI is InChI=1S/C11H16N2O2/c1-10(12-4-2-3-5-12)11(14)13-6-8-15-9-7-13/h2-5,10H,6-9H2,1H3. The molecule has 2 heterocycles. The number of aromatic nitrogens is 1. The molecule has 1 fully saturated rings. The van der Waals surface area contributed by atoms with Gasteiger partial charge in [-0.25, -0.2) is 0 Å². The maximum absolute atomic E-state index is 12.0. The molecule has 1 aliphatic heterocycles. The summed E-state index contributed by atoms with van der Waals surface area (Å²) in [5, 5.41) is 0. The van der Waals surface area contributed by atoms with E-state index in [0.29, 0.717) is 26.3 Å². The van der Waals surface area contributed by atoms with Crippen LogP contribution in [0.5, 0.6) is 0 Å². The Morgan fingerprint density at radius 2 is 1.87 bits per heavy atom. The van der Waals surface area contributed by atoms with Crippen LogP contribution in [0.25, 0.3) is 0 Å². The molecule has 15 heavy (non-hydrogen) atoms. The molecular weight excluding hydrogens is 192 g/mol. The van der Waals surface area contributed by atoms with Crippen molar-refractivity contribution in [3.05, 3.63) is 24.5 Å². The van der Waals surface area contributed by atoms with Crippen LogP contribution in [-0.4, -0.2) is 41.7 Å². The Morgan fingerprint density at radius 1 is 1.27 bits per heavy atom. The first-order valence-electron chi connectivity index (χ1n) is 5.28. The highest BCUT2D eigenvalue weighted by Gasteiger charge is 2.22. The molecule has 82 valence electrons. The normalized spacial score (nSPS) is 18.9. The number of morpholine rings is 1. The molecule has 1 aromatic heterocycles. The van der Waals surface area contributed by atoms with Crippen LogP contribution in [0.2, 0.25) is 0 Å². The highest BCUT2D eigenvalue weighted by atomic mass is 16.5. The zero-order chi connectivity index (χ0) is 10.7. The Kier molecular flexibility index (Phi) is 3.06. The van der Waals surface area contributed by atoms with Gasteiger partial charge in [-0.2, -0.15) is 0 Å². The molecule has 2 rings (SSSR count). The molecule has 0 aliphatic carbocycles. The van der Waals surface area contributed by atoms with E-state index in [-0.39, 0.29) is 11.9 Å². The van der Waals surface area contributed by atoms with Crippen LogP contribution < -0.4 is 0 Å². The van der Waals surface area contributed by atoms with E-state index in [9.17, 15) is 4.79 Å². The third kappa shape index (κ3) is 2.21. The van der Waals surface area contributed by atoms with E-state index in [1.54, 1.807) is 0 Å². The summed E-state index contributed by atoms with van der Waals surface area (Å²) >= 11 is 0. The van der Waals surface area contributed by atoms with E-state index in [0.717, 1.165) is 0 Å². The second kappa shape index (κ2) is 4.49. The quantitative estimate of drug-likeness (QED) is 0.724. The topological polar surface area (TPSA) is 34.5 Å². The molecule has 0 aromatic carbocycles. The number of ether oxygens (including phenoxy) is 1. The number of hydrogen-bond acceptors (Lipinski definition) is 2. The summed E-state index contributed by atoms with van der Waals surface area (Å²) in [4.78, 5) is 13.9. The first-order chi connectivity index (χ1) is 7.29. The summed E-state index contributed by atoms with van der Waals surface area (Å²) in [5.41, 5.74) is 0. The lowest BCUT2D eigenvalue weighted by molar-refractivity contribution is -0.138. The van der Waals surface area contributed by atoms with Gasteiger partial charge >= 0.3 is 0 Å². The van der Waals surface area contributed by atoms with E-state index in [2.05, 4.69) is 0 Å². The molecule has 1 aromatic rings. The summed E-state index contributed by atoms with van der Waals surface area (Å²) in [6.45, 7) is 4.67. The highest BCUT2D eigenvalue weighted by molar-refractivity contribution is 5.80. The summed E-state index contributed by atoms with van der Waals surface area (Å²) in [5.74, 6) is 0.175. The van der Waals surface area contributed by atoms with Gasteiger partial charge < -0.3 is 14.2 Å². The molecule has 0 spiro atoms. The van der Waals surface area contributed by atoms with Gasteiger partial charge in [0, 0.05) is 25.5 Å². The molecule has 0 radical (unpaired) electrons. The number of carbonyl (C=O) groups is 1. The Labute approximate surface area is 89.4 Å². The van der Waals surface area contributed by atoms with Crippen molar-refractivity contribution in [3.63, 3.8) is 0 Å². The molecule has 1 aliphatic rings. The van der Waals surface area contributed by atoms with Gasteiger partial charge in [-0.15, -0.1) is 0 Å². The lowest BCUT2D eigenvalue weighted by Crippen LogP contribution is -2.43. The molecule has 4 heteroatoms. The zero-order valence-electron chi connectivity index (χ0n) is 8.93. The van der Waals surface area contributed by atoms with Gasteiger partial charge in [-0.05, 0) is 19.1 Å². The zero-order valence-corrected chi connectivity index (χ0v) is 8.93. The van der Waals surface area contributed by atoms with Gasteiger partial charge in [0.15, 0.2) is 0 Å². The Balaban J connectivity index is 2.00. The molecular formula is C11H16N2O2. The second-order valence-electron chi connectivity index (χ2n) is 3.74. The van der Waals surface area contributed by atoms with Crippen molar-refractivity contribution >= 4 is 5.91 Å². The number of carbonyl (C=O) groups excluding carboxylic acids is 1. The summed E-state index contributed by atoms with van der Waals surface area (Å²) in [6, 6.07) is 3.75. The molecule has 0 bridgehead atoms. The van der Waals surface area contributed by atoms with E-state index in [4.69, 9.17) is 4.74 Å². The average molecular weight is 208 g/mol. The minimum Gasteiger partial charge on any atom is -0.378 e. The summed E-state index contributed by atoms with van der Waals surface area (Å²) in [7, 11) is 0. The molecule has 4 nitrogen and oxygen atoms in total. The molecule has 1 unspecified atom stereocenters. The predicted molar refractivity (Wildman–Crippen MR) is 56.5 cm³/mol. The minimum atomic E-state index is -0.113. The van der Waals surface area contributed by atoms with Gasteiger partial charge in [0.25, 0.3) is 0 Å². The van der Waals surface area contributed by atoms with Crippen LogP contribution in [0.15, 0.2) is 24.5 Å². The van der Waals surface area contributed by atoms with E-state index < -0.39 is 0 Å². The smallest absolute Gasteiger partial charge is 0.245 e. The number of rotatable bonds is 2. The maximum atomic E-state index is 12.0. The molecule has 1 amide bonds. The average Bonchev–Trinajstić information content (AvgIpc) is 2.82. The van der Waals surface area contributed by atoms with Crippen molar-refractivity contribution in [1.82, 2.24) is 9.47 Å². The summed E-state index contributed by atoms with van der Waals surface area (Å²) < 4.78 is 7.15. The van der Waals surface area contributed by atoms with Crippen LogP contribution in [0.1, 0.15) is 13.0 Å². The Hall–Kier alpha value is -1.29. The van der Waals surface area contributed by atoms with E-state index in [1.165, 1.54) is 0 Å². The van der Waals surface area contributed by atoms with E-state index >= 15 is 0 Å². The van der Waals surface area contributed by atoms with Crippen molar-refractivity contribution < 1.29 is 9.53 Å². The second-order valence-corrected chi connectivity index (χ2v) is 3.74. The maximum Gasteiger partial charge on any atom is 0.245 e. The fourth-order valence-corrected chi connectivity index (χ4v) is 1.78. The van der Waals surface area contributed by atoms with Gasteiger partial charge in [-0.3, -0.25) is 4.79 Å². The fourth-order valence-electron chi connectivity index (χ4n) is 1.78. The van der Waals surface area contributed by atoms with Crippen molar-refractivity contribution in [2.45, 2.75) is 13.0 Å². The number of hydrogen-bond donors (Lipinski definition) is 0. The Morgan fingerprint density at radius 3 is 2.47 bits per heavy atom. The molecule has 0 N–H and O–H groups in total. The minimum absolute atomic E-state index is 0.113. The van der Waals surface area contributed by atoms with Crippen LogP contribution in [0.4, 0.5) is 0 Å². The molecule has 1 atom stereocenters. The molecule has 0 saturated carbocycles. The SMILES string of the molecule is CC(C(=O)N1CCOCC1)n1cccc1. The van der Waals surface area contributed by atoms with Crippen LogP contribution in [0, 0.1) is 0 Å². The lowest BCUT2D eigenvalue weighted by atomic mass is 10.2. The highest BCUT2D eigenvalue weighted by Crippen LogP contribution is 2.11. The first kappa shape index (κ1) is 10.2. The third-order valence-electron chi connectivity index (χ3n) is 2.75. The number of amides is 1. The first-order valence-corrected chi connectivity index (χ1v) is 5.28. The fraction of sp³-hybridized carbons (Fsp3) is 0.545. The van der Waals surface area contributed by atoms with Gasteiger partial charge in [0.05, 0.1) is 13.2 Å². The van der Waals surface area contributed by atoms with Crippen LogP contribution >= 0.6 is 0 Å². The van der Waals surface area contributed by atoms with Crippen molar-refractivity contribution in [2.24, 2.45) is 0 Å². The summed E-state index contributed by atoms with van der Waals surface area (Å²) in [6.07, 6.45) is 3.84. The molecule has 1 saturated heterocycles. The monoisotopic (exact) mass is 208 g/mol. The van der Waals surface area contributed by atoms with E-state index in [1.807, 2.05) is 40.9 Å². The van der Waals surface area contributed by atoms with Crippen molar-refractivity contribution in [1.29, 1.82) is 0 Å².